The second kappa shape index (κ2) is 5.34. The smallest absolute Gasteiger partial charge is 0.326 e. The summed E-state index contributed by atoms with van der Waals surface area (Å²) >= 11 is 5.67. The molecule has 108 valence electrons. The number of benzene rings is 1. The van der Waals surface area contributed by atoms with Gasteiger partial charge in [-0.25, -0.2) is 13.6 Å². The van der Waals surface area contributed by atoms with E-state index in [1.807, 2.05) is 0 Å². The van der Waals surface area contributed by atoms with Gasteiger partial charge in [-0.15, -0.1) is 0 Å². The van der Waals surface area contributed by atoms with Crippen LogP contribution in [0.5, 0.6) is 0 Å². The molecular formula is C12H10ClF2NO4. The van der Waals surface area contributed by atoms with E-state index in [-0.39, 0.29) is 23.6 Å². The molecule has 1 aliphatic rings. The van der Waals surface area contributed by atoms with E-state index in [0.29, 0.717) is 12.1 Å². The zero-order valence-electron chi connectivity index (χ0n) is 10.0. The van der Waals surface area contributed by atoms with Crippen LogP contribution in [0.1, 0.15) is 16.8 Å². The summed E-state index contributed by atoms with van der Waals surface area (Å²) in [4.78, 5) is 24.1. The number of aliphatic hydroxyl groups excluding tert-OH is 1. The predicted octanol–water partition coefficient (Wildman–Crippen LogP) is 1.28. The highest BCUT2D eigenvalue weighted by Crippen LogP contribution is 2.26. The van der Waals surface area contributed by atoms with Gasteiger partial charge in [-0.05, 0) is 12.1 Å². The molecule has 2 N–H and O–H groups in total. The number of rotatable bonds is 2. The second-order valence-electron chi connectivity index (χ2n) is 4.45. The van der Waals surface area contributed by atoms with Gasteiger partial charge in [0.15, 0.2) is 11.6 Å². The van der Waals surface area contributed by atoms with Gasteiger partial charge in [0.05, 0.1) is 16.7 Å². The number of aliphatic carboxylic acids is 1. The average molecular weight is 306 g/mol. The van der Waals surface area contributed by atoms with E-state index in [0.717, 1.165) is 4.90 Å². The van der Waals surface area contributed by atoms with Gasteiger partial charge in [-0.1, -0.05) is 11.6 Å². The zero-order chi connectivity index (χ0) is 15.0. The molecule has 0 unspecified atom stereocenters. The first kappa shape index (κ1) is 14.7. The van der Waals surface area contributed by atoms with E-state index in [1.165, 1.54) is 0 Å². The van der Waals surface area contributed by atoms with E-state index >= 15 is 0 Å². The van der Waals surface area contributed by atoms with Crippen LogP contribution in [0.4, 0.5) is 8.78 Å². The molecule has 0 spiro atoms. The van der Waals surface area contributed by atoms with Gasteiger partial charge in [0.1, 0.15) is 6.04 Å². The number of carboxylic acid groups (broad SMARTS) is 1. The molecule has 0 aromatic heterocycles. The van der Waals surface area contributed by atoms with E-state index in [9.17, 15) is 23.5 Å². The molecule has 1 aromatic carbocycles. The monoisotopic (exact) mass is 305 g/mol. The molecule has 20 heavy (non-hydrogen) atoms. The Morgan fingerprint density at radius 2 is 1.90 bits per heavy atom. The molecule has 1 aromatic rings. The van der Waals surface area contributed by atoms with Crippen molar-refractivity contribution < 1.29 is 28.6 Å². The number of carboxylic acids is 1. The lowest BCUT2D eigenvalue weighted by Crippen LogP contribution is -2.40. The Balaban J connectivity index is 2.36. The molecule has 5 nitrogen and oxygen atoms in total. The van der Waals surface area contributed by atoms with Gasteiger partial charge in [-0.2, -0.15) is 0 Å². The number of carbonyl (C=O) groups excluding carboxylic acids is 1. The second-order valence-corrected chi connectivity index (χ2v) is 4.85. The van der Waals surface area contributed by atoms with E-state index in [2.05, 4.69) is 0 Å². The number of likely N-dealkylation sites (tertiary alicyclic amines) is 1. The average Bonchev–Trinajstić information content (AvgIpc) is 2.75. The van der Waals surface area contributed by atoms with E-state index in [1.54, 1.807) is 0 Å². The van der Waals surface area contributed by atoms with Crippen molar-refractivity contribution >= 4 is 23.5 Å². The van der Waals surface area contributed by atoms with Crippen molar-refractivity contribution in [2.24, 2.45) is 0 Å². The third kappa shape index (κ3) is 2.59. The normalized spacial score (nSPS) is 22.1. The molecule has 1 aliphatic heterocycles. The number of nitrogens with zero attached hydrogens (tertiary/aromatic N) is 1. The maximum absolute atomic E-state index is 13.2. The summed E-state index contributed by atoms with van der Waals surface area (Å²) in [7, 11) is 0. The van der Waals surface area contributed by atoms with Crippen molar-refractivity contribution in [3.05, 3.63) is 34.4 Å². The Labute approximate surface area is 117 Å². The Morgan fingerprint density at radius 1 is 1.30 bits per heavy atom. The summed E-state index contributed by atoms with van der Waals surface area (Å²) in [6.45, 7) is -0.203. The number of hydrogen-bond acceptors (Lipinski definition) is 3. The lowest BCUT2D eigenvalue weighted by molar-refractivity contribution is -0.141. The molecular weight excluding hydrogens is 296 g/mol. The maximum atomic E-state index is 13.2. The summed E-state index contributed by atoms with van der Waals surface area (Å²) in [5.41, 5.74) is -0.342. The Bertz CT molecular complexity index is 581. The topological polar surface area (TPSA) is 77.8 Å². The van der Waals surface area contributed by atoms with Gasteiger partial charge in [0.2, 0.25) is 0 Å². The van der Waals surface area contributed by atoms with Crippen LogP contribution in [-0.2, 0) is 4.79 Å². The van der Waals surface area contributed by atoms with Gasteiger partial charge < -0.3 is 15.1 Å². The first-order chi connectivity index (χ1) is 9.31. The number of aliphatic hydroxyl groups is 1. The molecule has 2 rings (SSSR count). The van der Waals surface area contributed by atoms with Crippen molar-refractivity contribution in [3.63, 3.8) is 0 Å². The number of hydrogen-bond donors (Lipinski definition) is 2. The maximum Gasteiger partial charge on any atom is 0.326 e. The lowest BCUT2D eigenvalue weighted by Gasteiger charge is -2.21. The largest absolute Gasteiger partial charge is 0.480 e. The van der Waals surface area contributed by atoms with Crippen LogP contribution in [0, 0.1) is 11.6 Å². The van der Waals surface area contributed by atoms with Crippen LogP contribution in [0.3, 0.4) is 0 Å². The molecule has 0 radical (unpaired) electrons. The first-order valence-corrected chi connectivity index (χ1v) is 6.05. The molecule has 0 saturated carbocycles. The Hall–Kier alpha value is -1.73. The quantitative estimate of drug-likeness (QED) is 0.807. The molecule has 1 fully saturated rings. The summed E-state index contributed by atoms with van der Waals surface area (Å²) < 4.78 is 26.1. The summed E-state index contributed by atoms with van der Waals surface area (Å²) in [6.07, 6.45) is -1.10. The molecule has 8 heteroatoms. The van der Waals surface area contributed by atoms with Gasteiger partial charge in [0, 0.05) is 13.0 Å². The van der Waals surface area contributed by atoms with Crippen molar-refractivity contribution in [3.8, 4) is 0 Å². The molecule has 0 aliphatic carbocycles. The van der Waals surface area contributed by atoms with Crippen LogP contribution in [0.15, 0.2) is 12.1 Å². The van der Waals surface area contributed by atoms with E-state index in [4.69, 9.17) is 16.7 Å². The van der Waals surface area contributed by atoms with Crippen LogP contribution in [0.25, 0.3) is 0 Å². The van der Waals surface area contributed by atoms with Crippen LogP contribution in [-0.4, -0.2) is 45.7 Å². The fraction of sp³-hybridized carbons (Fsp3) is 0.333. The third-order valence-electron chi connectivity index (χ3n) is 3.07. The standard InChI is InChI=1S/C12H10ClF2NO4/c13-7-3-9(15)8(14)2-6(7)11(18)16-4-5(17)1-10(16)12(19)20/h2-3,5,10,17H,1,4H2,(H,19,20)/t5-,10-/m0/s1. The minimum absolute atomic E-state index is 0.123. The van der Waals surface area contributed by atoms with Crippen molar-refractivity contribution in [1.82, 2.24) is 4.90 Å². The highest BCUT2D eigenvalue weighted by Gasteiger charge is 2.39. The fourth-order valence-electron chi connectivity index (χ4n) is 2.11. The van der Waals surface area contributed by atoms with E-state index < -0.39 is 35.7 Å². The molecule has 1 saturated heterocycles. The summed E-state index contributed by atoms with van der Waals surface area (Å²) in [6, 6.07) is 0.0393. The van der Waals surface area contributed by atoms with Crippen LogP contribution >= 0.6 is 11.6 Å². The molecule has 2 atom stereocenters. The van der Waals surface area contributed by atoms with Gasteiger partial charge in [0.25, 0.3) is 5.91 Å². The Kier molecular flexibility index (Phi) is 3.92. The molecule has 1 heterocycles. The third-order valence-corrected chi connectivity index (χ3v) is 3.38. The number of carbonyl (C=O) groups is 2. The summed E-state index contributed by atoms with van der Waals surface area (Å²) in [5.74, 6) is -4.61. The lowest BCUT2D eigenvalue weighted by atomic mass is 10.1. The highest BCUT2D eigenvalue weighted by molar-refractivity contribution is 6.33. The fourth-order valence-corrected chi connectivity index (χ4v) is 2.34. The molecule has 1 amide bonds. The summed E-state index contributed by atoms with van der Waals surface area (Å²) in [5, 5.41) is 18.1. The van der Waals surface area contributed by atoms with Crippen LogP contribution in [0.2, 0.25) is 5.02 Å². The SMILES string of the molecule is O=C(O)[C@@H]1C[C@H](O)CN1C(=O)c1cc(F)c(F)cc1Cl. The van der Waals surface area contributed by atoms with Gasteiger partial charge >= 0.3 is 5.97 Å². The predicted molar refractivity (Wildman–Crippen MR) is 64.5 cm³/mol. The van der Waals surface area contributed by atoms with Crippen molar-refractivity contribution in [2.75, 3.05) is 6.54 Å². The number of β-amino-alcohol motifs (C(OH)–C–C–N with tert-alkyl or cyclic N) is 1. The minimum Gasteiger partial charge on any atom is -0.480 e. The minimum atomic E-state index is -1.28. The van der Waals surface area contributed by atoms with Crippen molar-refractivity contribution in [2.45, 2.75) is 18.6 Å². The number of amides is 1. The highest BCUT2D eigenvalue weighted by atomic mass is 35.5. The first-order valence-electron chi connectivity index (χ1n) is 5.67. The van der Waals surface area contributed by atoms with Gasteiger partial charge in [-0.3, -0.25) is 4.79 Å². The van der Waals surface area contributed by atoms with Crippen molar-refractivity contribution in [1.29, 1.82) is 0 Å². The molecule has 0 bridgehead atoms. The zero-order valence-corrected chi connectivity index (χ0v) is 10.8. The Morgan fingerprint density at radius 3 is 2.50 bits per heavy atom. The number of halogens is 3. The van der Waals surface area contributed by atoms with Crippen LogP contribution < -0.4 is 0 Å².